The number of benzene rings is 1. The predicted octanol–water partition coefficient (Wildman–Crippen LogP) is 3.36. The smallest absolute Gasteiger partial charge is 0.115 e. The minimum Gasteiger partial charge on any atom is -0.508 e. The summed E-state index contributed by atoms with van der Waals surface area (Å²) in [6, 6.07) is 9.56. The van der Waals surface area contributed by atoms with E-state index in [9.17, 15) is 5.11 Å². The van der Waals surface area contributed by atoms with E-state index in [1.54, 1.807) is 12.1 Å². The van der Waals surface area contributed by atoms with Crippen LogP contribution < -0.4 is 5.32 Å². The Balaban J connectivity index is 1.87. The van der Waals surface area contributed by atoms with Crippen LogP contribution in [-0.4, -0.2) is 5.11 Å². The summed E-state index contributed by atoms with van der Waals surface area (Å²) < 4.78 is 0. The van der Waals surface area contributed by atoms with Crippen molar-refractivity contribution in [3.8, 4) is 5.75 Å². The van der Waals surface area contributed by atoms with Gasteiger partial charge in [0.2, 0.25) is 0 Å². The molecule has 1 aromatic heterocycles. The third-order valence-electron chi connectivity index (χ3n) is 2.72. The molecule has 2 rings (SSSR count). The van der Waals surface area contributed by atoms with Gasteiger partial charge < -0.3 is 10.4 Å². The molecule has 0 atom stereocenters. The van der Waals surface area contributed by atoms with Gasteiger partial charge in [-0.2, -0.15) is 0 Å². The maximum atomic E-state index is 9.18. The number of rotatable bonds is 4. The van der Waals surface area contributed by atoms with Crippen molar-refractivity contribution >= 4 is 11.3 Å². The Morgan fingerprint density at radius 3 is 2.41 bits per heavy atom. The maximum Gasteiger partial charge on any atom is 0.115 e. The molecule has 3 heteroatoms. The van der Waals surface area contributed by atoms with Crippen LogP contribution in [0.25, 0.3) is 0 Å². The largest absolute Gasteiger partial charge is 0.508 e. The van der Waals surface area contributed by atoms with Gasteiger partial charge in [-0.1, -0.05) is 12.1 Å². The molecule has 0 aliphatic rings. The van der Waals surface area contributed by atoms with Crippen molar-refractivity contribution in [1.29, 1.82) is 0 Å². The zero-order valence-corrected chi connectivity index (χ0v) is 11.0. The van der Waals surface area contributed by atoms with Gasteiger partial charge in [0.1, 0.15) is 5.75 Å². The molecule has 0 unspecified atom stereocenters. The summed E-state index contributed by atoms with van der Waals surface area (Å²) in [6.07, 6.45) is 0. The third-order valence-corrected chi connectivity index (χ3v) is 3.73. The van der Waals surface area contributed by atoms with Gasteiger partial charge in [-0.3, -0.25) is 0 Å². The number of phenols is 1. The van der Waals surface area contributed by atoms with E-state index in [1.165, 1.54) is 20.9 Å². The van der Waals surface area contributed by atoms with Crippen molar-refractivity contribution in [2.24, 2.45) is 0 Å². The van der Waals surface area contributed by atoms with E-state index >= 15 is 0 Å². The van der Waals surface area contributed by atoms with E-state index in [-0.39, 0.29) is 0 Å². The minimum absolute atomic E-state index is 0.318. The first-order valence-electron chi connectivity index (χ1n) is 5.69. The van der Waals surface area contributed by atoms with Crippen LogP contribution in [0.2, 0.25) is 0 Å². The average molecular weight is 247 g/mol. The van der Waals surface area contributed by atoms with Crippen LogP contribution >= 0.6 is 11.3 Å². The summed E-state index contributed by atoms with van der Waals surface area (Å²) in [5.41, 5.74) is 2.57. The highest BCUT2D eigenvalue weighted by molar-refractivity contribution is 7.12. The fraction of sp³-hybridized carbons (Fsp3) is 0.286. The molecule has 17 heavy (non-hydrogen) atoms. The molecule has 1 heterocycles. The number of phenolic OH excluding ortho intramolecular Hbond substituents is 1. The molecule has 0 bridgehead atoms. The van der Waals surface area contributed by atoms with E-state index in [4.69, 9.17) is 0 Å². The molecule has 0 fully saturated rings. The second-order valence-electron chi connectivity index (χ2n) is 4.21. The van der Waals surface area contributed by atoms with E-state index < -0.39 is 0 Å². The van der Waals surface area contributed by atoms with Crippen LogP contribution in [0.1, 0.15) is 20.9 Å². The van der Waals surface area contributed by atoms with Crippen molar-refractivity contribution in [2.45, 2.75) is 26.9 Å². The standard InChI is InChI=1S/C14H17NOS/c1-10-7-13(11(2)17-10)9-15-8-12-3-5-14(16)6-4-12/h3-7,15-16H,8-9H2,1-2H3. The molecule has 0 amide bonds. The summed E-state index contributed by atoms with van der Waals surface area (Å²) in [5.74, 6) is 0.318. The van der Waals surface area contributed by atoms with E-state index in [1.807, 2.05) is 23.5 Å². The van der Waals surface area contributed by atoms with E-state index in [2.05, 4.69) is 25.2 Å². The summed E-state index contributed by atoms with van der Waals surface area (Å²) in [5, 5.41) is 12.6. The Morgan fingerprint density at radius 1 is 1.12 bits per heavy atom. The second-order valence-corrected chi connectivity index (χ2v) is 5.67. The van der Waals surface area contributed by atoms with Crippen LogP contribution in [0.4, 0.5) is 0 Å². The van der Waals surface area contributed by atoms with Crippen LogP contribution in [0, 0.1) is 13.8 Å². The Kier molecular flexibility index (Phi) is 3.82. The number of nitrogens with one attached hydrogen (secondary N) is 1. The molecule has 0 spiro atoms. The van der Waals surface area contributed by atoms with Gasteiger partial charge in [-0.25, -0.2) is 0 Å². The maximum absolute atomic E-state index is 9.18. The van der Waals surface area contributed by atoms with Crippen molar-refractivity contribution < 1.29 is 5.11 Å². The number of thiophene rings is 1. The quantitative estimate of drug-likeness (QED) is 0.868. The van der Waals surface area contributed by atoms with Gasteiger partial charge >= 0.3 is 0 Å². The van der Waals surface area contributed by atoms with Gasteiger partial charge in [0, 0.05) is 22.8 Å². The first-order chi connectivity index (χ1) is 8.15. The first kappa shape index (κ1) is 12.1. The Morgan fingerprint density at radius 2 is 1.82 bits per heavy atom. The lowest BCUT2D eigenvalue weighted by Crippen LogP contribution is -2.12. The normalized spacial score (nSPS) is 10.7. The van der Waals surface area contributed by atoms with Crippen molar-refractivity contribution in [2.75, 3.05) is 0 Å². The van der Waals surface area contributed by atoms with E-state index in [0.29, 0.717) is 5.75 Å². The van der Waals surface area contributed by atoms with Crippen molar-refractivity contribution in [1.82, 2.24) is 5.32 Å². The third kappa shape index (κ3) is 3.32. The lowest BCUT2D eigenvalue weighted by molar-refractivity contribution is 0.475. The molecule has 0 radical (unpaired) electrons. The first-order valence-corrected chi connectivity index (χ1v) is 6.51. The Bertz CT molecular complexity index is 487. The molecule has 0 saturated heterocycles. The van der Waals surface area contributed by atoms with Crippen LogP contribution in [-0.2, 0) is 13.1 Å². The molecule has 90 valence electrons. The molecule has 2 nitrogen and oxygen atoms in total. The molecule has 2 aromatic rings. The zero-order valence-electron chi connectivity index (χ0n) is 10.2. The van der Waals surface area contributed by atoms with Gasteiger partial charge in [0.05, 0.1) is 0 Å². The summed E-state index contributed by atoms with van der Waals surface area (Å²) >= 11 is 1.84. The highest BCUT2D eigenvalue weighted by atomic mass is 32.1. The number of aryl methyl sites for hydroxylation is 2. The second kappa shape index (κ2) is 5.34. The summed E-state index contributed by atoms with van der Waals surface area (Å²) in [6.45, 7) is 6.03. The highest BCUT2D eigenvalue weighted by Crippen LogP contribution is 2.20. The number of hydrogen-bond donors (Lipinski definition) is 2. The zero-order chi connectivity index (χ0) is 12.3. The highest BCUT2D eigenvalue weighted by Gasteiger charge is 2.02. The van der Waals surface area contributed by atoms with Crippen LogP contribution in [0.3, 0.4) is 0 Å². The summed E-state index contributed by atoms with van der Waals surface area (Å²) in [7, 11) is 0. The molecule has 0 aliphatic heterocycles. The van der Waals surface area contributed by atoms with Gasteiger partial charge in [0.25, 0.3) is 0 Å². The lowest BCUT2D eigenvalue weighted by atomic mass is 10.2. The Hall–Kier alpha value is -1.32. The van der Waals surface area contributed by atoms with Gasteiger partial charge in [-0.05, 0) is 43.2 Å². The SMILES string of the molecule is Cc1cc(CNCc2ccc(O)cc2)c(C)s1. The number of hydrogen-bond acceptors (Lipinski definition) is 3. The lowest BCUT2D eigenvalue weighted by Gasteiger charge is -2.04. The average Bonchev–Trinajstić information content (AvgIpc) is 2.60. The van der Waals surface area contributed by atoms with Gasteiger partial charge in [0.15, 0.2) is 0 Å². The topological polar surface area (TPSA) is 32.3 Å². The van der Waals surface area contributed by atoms with Crippen LogP contribution in [0.5, 0.6) is 5.75 Å². The van der Waals surface area contributed by atoms with Crippen molar-refractivity contribution in [3.05, 3.63) is 51.2 Å². The molecule has 0 saturated carbocycles. The fourth-order valence-electron chi connectivity index (χ4n) is 1.81. The number of aromatic hydroxyl groups is 1. The molecular formula is C14H17NOS. The predicted molar refractivity (Wildman–Crippen MR) is 72.4 cm³/mol. The fourth-order valence-corrected chi connectivity index (χ4v) is 2.76. The molecule has 0 aliphatic carbocycles. The van der Waals surface area contributed by atoms with Crippen molar-refractivity contribution in [3.63, 3.8) is 0 Å². The monoisotopic (exact) mass is 247 g/mol. The summed E-state index contributed by atoms with van der Waals surface area (Å²) in [4.78, 5) is 2.75. The minimum atomic E-state index is 0.318. The molecule has 2 N–H and O–H groups in total. The van der Waals surface area contributed by atoms with Crippen LogP contribution in [0.15, 0.2) is 30.3 Å². The van der Waals surface area contributed by atoms with E-state index in [0.717, 1.165) is 13.1 Å². The molecular weight excluding hydrogens is 230 g/mol. The Labute approximate surface area is 106 Å². The van der Waals surface area contributed by atoms with Gasteiger partial charge in [-0.15, -0.1) is 11.3 Å². The molecule has 1 aromatic carbocycles.